The monoisotopic (exact) mass is 352 g/mol. The average Bonchev–Trinajstić information content (AvgIpc) is 2.99. The smallest absolute Gasteiger partial charge is 0.306 e. The Morgan fingerprint density at radius 3 is 2.69 bits per heavy atom. The minimum atomic E-state index is -0.420. The number of benzene rings is 1. The van der Waals surface area contributed by atoms with Crippen LogP contribution in [0.5, 0.6) is 0 Å². The fourth-order valence-corrected chi connectivity index (χ4v) is 2.73. The maximum absolute atomic E-state index is 12.1. The van der Waals surface area contributed by atoms with E-state index in [4.69, 9.17) is 0 Å². The number of anilines is 1. The second-order valence-corrected chi connectivity index (χ2v) is 6.02. The number of ether oxygens (including phenoxy) is 1. The number of esters is 1. The molecule has 0 unspecified atom stereocenters. The summed E-state index contributed by atoms with van der Waals surface area (Å²) in [6.45, 7) is 3.85. The number of methoxy groups -OCH3 is 1. The minimum Gasteiger partial charge on any atom is -0.469 e. The zero-order valence-corrected chi connectivity index (χ0v) is 14.9. The van der Waals surface area contributed by atoms with Gasteiger partial charge in [0, 0.05) is 17.9 Å². The van der Waals surface area contributed by atoms with Crippen LogP contribution < -0.4 is 5.32 Å². The number of nitrogens with one attached hydrogen (secondary N) is 1. The van der Waals surface area contributed by atoms with Crippen molar-refractivity contribution < 1.29 is 14.3 Å². The summed E-state index contributed by atoms with van der Waals surface area (Å²) in [4.78, 5) is 28.0. The lowest BCUT2D eigenvalue weighted by Crippen LogP contribution is -2.17. The van der Waals surface area contributed by atoms with Gasteiger partial charge in [0.1, 0.15) is 5.82 Å². The number of amides is 1. The SMILES string of the molecule is COC(=O)CCC(=O)Nc1cc(C)nn1-c1cc(C)c2ccccc2n1. The van der Waals surface area contributed by atoms with Crippen molar-refractivity contribution in [2.45, 2.75) is 26.7 Å². The van der Waals surface area contributed by atoms with Crippen molar-refractivity contribution in [1.29, 1.82) is 0 Å². The highest BCUT2D eigenvalue weighted by Crippen LogP contribution is 2.22. The van der Waals surface area contributed by atoms with E-state index in [-0.39, 0.29) is 18.7 Å². The van der Waals surface area contributed by atoms with Crippen molar-refractivity contribution in [2.75, 3.05) is 12.4 Å². The Labute approximate surface area is 151 Å². The number of carbonyl (C=O) groups is 2. The largest absolute Gasteiger partial charge is 0.469 e. The van der Waals surface area contributed by atoms with Gasteiger partial charge in [-0.15, -0.1) is 0 Å². The van der Waals surface area contributed by atoms with Gasteiger partial charge in [-0.1, -0.05) is 18.2 Å². The molecule has 0 spiro atoms. The van der Waals surface area contributed by atoms with Crippen LogP contribution in [0.4, 0.5) is 5.82 Å². The average molecular weight is 352 g/mol. The predicted molar refractivity (Wildman–Crippen MR) is 98.2 cm³/mol. The Balaban J connectivity index is 1.90. The molecule has 1 amide bonds. The lowest BCUT2D eigenvalue weighted by Gasteiger charge is -2.10. The lowest BCUT2D eigenvalue weighted by molar-refractivity contribution is -0.141. The van der Waals surface area contributed by atoms with Crippen molar-refractivity contribution in [2.24, 2.45) is 0 Å². The van der Waals surface area contributed by atoms with E-state index in [1.54, 1.807) is 10.7 Å². The fraction of sp³-hybridized carbons (Fsp3) is 0.263. The van der Waals surface area contributed by atoms with Crippen LogP contribution >= 0.6 is 0 Å². The molecule has 134 valence electrons. The first-order chi connectivity index (χ1) is 12.5. The number of fused-ring (bicyclic) bond motifs is 1. The molecule has 0 fully saturated rings. The summed E-state index contributed by atoms with van der Waals surface area (Å²) in [6.07, 6.45) is 0.0733. The maximum Gasteiger partial charge on any atom is 0.306 e. The Morgan fingerprint density at radius 1 is 1.15 bits per heavy atom. The topological polar surface area (TPSA) is 86.1 Å². The summed E-state index contributed by atoms with van der Waals surface area (Å²) >= 11 is 0. The summed E-state index contributed by atoms with van der Waals surface area (Å²) in [5.74, 6) is 0.433. The van der Waals surface area contributed by atoms with Crippen LogP contribution in [0.15, 0.2) is 36.4 Å². The van der Waals surface area contributed by atoms with E-state index in [0.29, 0.717) is 11.6 Å². The van der Waals surface area contributed by atoms with Crippen LogP contribution in [-0.2, 0) is 14.3 Å². The molecule has 2 heterocycles. The standard InChI is InChI=1S/C19H20N4O3/c1-12-10-16(20-15-7-5-4-6-14(12)15)23-17(11-13(2)22-23)21-18(24)8-9-19(25)26-3/h4-7,10-11H,8-9H2,1-3H3,(H,21,24). The van der Waals surface area contributed by atoms with Crippen LogP contribution in [0.3, 0.4) is 0 Å². The van der Waals surface area contributed by atoms with E-state index in [2.05, 4.69) is 20.1 Å². The third-order valence-corrected chi connectivity index (χ3v) is 4.01. The number of pyridine rings is 1. The van der Waals surface area contributed by atoms with Crippen molar-refractivity contribution in [3.05, 3.63) is 47.7 Å². The Morgan fingerprint density at radius 2 is 1.92 bits per heavy atom. The first-order valence-electron chi connectivity index (χ1n) is 8.28. The highest BCUT2D eigenvalue weighted by atomic mass is 16.5. The molecule has 1 N–H and O–H groups in total. The zero-order chi connectivity index (χ0) is 18.7. The Hall–Kier alpha value is -3.22. The number of nitrogens with zero attached hydrogens (tertiary/aromatic N) is 3. The third-order valence-electron chi connectivity index (χ3n) is 4.01. The molecule has 0 bridgehead atoms. The number of hydrogen-bond acceptors (Lipinski definition) is 5. The van der Waals surface area contributed by atoms with Crippen molar-refractivity contribution in [3.8, 4) is 5.82 Å². The van der Waals surface area contributed by atoms with Gasteiger partial charge in [0.25, 0.3) is 0 Å². The van der Waals surface area contributed by atoms with E-state index < -0.39 is 5.97 Å². The summed E-state index contributed by atoms with van der Waals surface area (Å²) in [5.41, 5.74) is 2.68. The van der Waals surface area contributed by atoms with Crippen LogP contribution in [-0.4, -0.2) is 33.8 Å². The molecule has 0 saturated heterocycles. The molecule has 7 nitrogen and oxygen atoms in total. The molecule has 0 saturated carbocycles. The van der Waals surface area contributed by atoms with Crippen LogP contribution in [0, 0.1) is 13.8 Å². The van der Waals surface area contributed by atoms with Gasteiger partial charge in [0.2, 0.25) is 5.91 Å². The molecule has 0 aliphatic rings. The Bertz CT molecular complexity index is 978. The lowest BCUT2D eigenvalue weighted by atomic mass is 10.1. The van der Waals surface area contributed by atoms with E-state index in [1.165, 1.54) is 7.11 Å². The van der Waals surface area contributed by atoms with Crippen LogP contribution in [0.25, 0.3) is 16.7 Å². The molecular formula is C19H20N4O3. The van der Waals surface area contributed by atoms with Gasteiger partial charge >= 0.3 is 5.97 Å². The molecule has 3 rings (SSSR count). The van der Waals surface area contributed by atoms with E-state index in [9.17, 15) is 9.59 Å². The number of aryl methyl sites for hydroxylation is 2. The quantitative estimate of drug-likeness (QED) is 0.714. The maximum atomic E-state index is 12.1. The van der Waals surface area contributed by atoms with Crippen molar-refractivity contribution in [1.82, 2.24) is 14.8 Å². The number of carbonyl (C=O) groups excluding carboxylic acids is 2. The second kappa shape index (κ2) is 7.35. The van der Waals surface area contributed by atoms with Gasteiger partial charge in [0.15, 0.2) is 5.82 Å². The Kier molecular flexibility index (Phi) is 4.97. The molecule has 3 aromatic rings. The number of aromatic nitrogens is 3. The normalized spacial score (nSPS) is 10.7. The highest BCUT2D eigenvalue weighted by Gasteiger charge is 2.14. The summed E-state index contributed by atoms with van der Waals surface area (Å²) in [5, 5.41) is 8.30. The molecule has 0 aliphatic heterocycles. The molecule has 0 atom stereocenters. The third kappa shape index (κ3) is 3.72. The summed E-state index contributed by atoms with van der Waals surface area (Å²) in [6, 6.07) is 11.6. The first kappa shape index (κ1) is 17.6. The number of para-hydroxylation sites is 1. The zero-order valence-electron chi connectivity index (χ0n) is 14.9. The van der Waals surface area contributed by atoms with E-state index >= 15 is 0 Å². The fourth-order valence-electron chi connectivity index (χ4n) is 2.73. The molecule has 0 radical (unpaired) electrons. The van der Waals surface area contributed by atoms with Gasteiger partial charge < -0.3 is 10.1 Å². The summed E-state index contributed by atoms with van der Waals surface area (Å²) in [7, 11) is 1.30. The predicted octanol–water partition coefficient (Wildman–Crippen LogP) is 2.93. The molecule has 0 aliphatic carbocycles. The van der Waals surface area contributed by atoms with Crippen LogP contribution in [0.2, 0.25) is 0 Å². The van der Waals surface area contributed by atoms with Gasteiger partial charge in [-0.25, -0.2) is 4.98 Å². The second-order valence-electron chi connectivity index (χ2n) is 6.02. The number of hydrogen-bond donors (Lipinski definition) is 1. The van der Waals surface area contributed by atoms with Crippen molar-refractivity contribution >= 4 is 28.6 Å². The van der Waals surface area contributed by atoms with E-state index in [0.717, 1.165) is 22.2 Å². The van der Waals surface area contributed by atoms with Crippen LogP contribution in [0.1, 0.15) is 24.1 Å². The summed E-state index contributed by atoms with van der Waals surface area (Å²) < 4.78 is 6.16. The van der Waals surface area contributed by atoms with Gasteiger partial charge in [0.05, 0.1) is 24.7 Å². The molecule has 1 aromatic carbocycles. The highest BCUT2D eigenvalue weighted by molar-refractivity contribution is 5.92. The van der Waals surface area contributed by atoms with Crippen molar-refractivity contribution in [3.63, 3.8) is 0 Å². The molecule has 2 aromatic heterocycles. The van der Waals surface area contributed by atoms with Gasteiger partial charge in [-0.3, -0.25) is 9.59 Å². The minimum absolute atomic E-state index is 0.0305. The van der Waals surface area contributed by atoms with Gasteiger partial charge in [-0.2, -0.15) is 9.78 Å². The van der Waals surface area contributed by atoms with Gasteiger partial charge in [-0.05, 0) is 31.5 Å². The number of rotatable bonds is 5. The molecule has 7 heteroatoms. The first-order valence-corrected chi connectivity index (χ1v) is 8.28. The molecular weight excluding hydrogens is 332 g/mol. The van der Waals surface area contributed by atoms with E-state index in [1.807, 2.05) is 44.2 Å². The molecule has 26 heavy (non-hydrogen) atoms.